The quantitative estimate of drug-likeness (QED) is 0.166. The number of aromatic nitrogens is 1. The van der Waals surface area contributed by atoms with Crippen molar-refractivity contribution in [2.75, 3.05) is 4.90 Å². The summed E-state index contributed by atoms with van der Waals surface area (Å²) in [6, 6.07) is 17.1. The van der Waals surface area contributed by atoms with Gasteiger partial charge in [-0.25, -0.2) is 4.98 Å². The van der Waals surface area contributed by atoms with E-state index in [4.69, 9.17) is 16.3 Å². The number of anilines is 1. The van der Waals surface area contributed by atoms with Crippen LogP contribution in [0.25, 0.3) is 16.0 Å². The van der Waals surface area contributed by atoms with E-state index in [0.29, 0.717) is 33.2 Å². The van der Waals surface area contributed by atoms with Crippen LogP contribution in [0.3, 0.4) is 0 Å². The Balaban J connectivity index is 1.53. The summed E-state index contributed by atoms with van der Waals surface area (Å²) in [6.45, 7) is 1.98. The Morgan fingerprint density at radius 2 is 1.92 bits per heavy atom. The Hall–Kier alpha value is -3.20. The lowest BCUT2D eigenvalue weighted by Gasteiger charge is -2.23. The maximum absolute atomic E-state index is 13.4. The molecule has 2 atom stereocenters. The average molecular weight is 582 g/mol. The van der Waals surface area contributed by atoms with Crippen LogP contribution in [0.2, 0.25) is 5.02 Å². The number of thiazole rings is 1. The molecule has 1 N–H and O–H groups in total. The molecule has 180 valence electrons. The largest absolute Gasteiger partial charge is 0.507 e. The molecular formula is C27H18BrClN2O4S. The number of nitrogens with zero attached hydrogens (tertiary/aromatic N) is 2. The van der Waals surface area contributed by atoms with Crippen LogP contribution in [-0.2, 0) is 16.0 Å². The van der Waals surface area contributed by atoms with Crippen molar-refractivity contribution in [2.45, 2.75) is 25.5 Å². The molecule has 0 aliphatic carbocycles. The number of ketones is 1. The number of rotatable bonds is 3. The van der Waals surface area contributed by atoms with Crippen LogP contribution in [0, 0.1) is 0 Å². The molecular weight excluding hydrogens is 564 g/mol. The molecule has 1 fully saturated rings. The van der Waals surface area contributed by atoms with Crippen molar-refractivity contribution < 1.29 is 19.4 Å². The highest BCUT2D eigenvalue weighted by Crippen LogP contribution is 2.45. The van der Waals surface area contributed by atoms with Crippen LogP contribution < -0.4 is 9.64 Å². The lowest BCUT2D eigenvalue weighted by atomic mass is 9.94. The van der Waals surface area contributed by atoms with Crippen molar-refractivity contribution in [2.24, 2.45) is 0 Å². The van der Waals surface area contributed by atoms with E-state index in [-0.39, 0.29) is 17.4 Å². The molecule has 0 unspecified atom stereocenters. The number of hydrogen-bond donors (Lipinski definition) is 1. The first-order chi connectivity index (χ1) is 17.3. The molecule has 0 saturated carbocycles. The van der Waals surface area contributed by atoms with Crippen molar-refractivity contribution >= 4 is 71.7 Å². The Morgan fingerprint density at radius 1 is 1.14 bits per heavy atom. The smallest absolute Gasteiger partial charge is 0.301 e. The van der Waals surface area contributed by atoms with E-state index in [0.717, 1.165) is 20.5 Å². The van der Waals surface area contributed by atoms with Gasteiger partial charge in [0, 0.05) is 21.5 Å². The van der Waals surface area contributed by atoms with Crippen molar-refractivity contribution in [3.63, 3.8) is 0 Å². The molecule has 1 saturated heterocycles. The lowest BCUT2D eigenvalue weighted by Crippen LogP contribution is -2.29. The zero-order chi connectivity index (χ0) is 25.1. The molecule has 9 heteroatoms. The van der Waals surface area contributed by atoms with E-state index in [1.54, 1.807) is 30.3 Å². The van der Waals surface area contributed by atoms with Crippen molar-refractivity contribution in [3.05, 3.63) is 92.4 Å². The molecule has 0 bridgehead atoms. The third-order valence-corrected chi connectivity index (χ3v) is 8.13. The van der Waals surface area contributed by atoms with Gasteiger partial charge in [0.1, 0.15) is 17.6 Å². The molecule has 1 aromatic heterocycles. The fraction of sp³-hybridized carbons (Fsp3) is 0.148. The van der Waals surface area contributed by atoms with E-state index >= 15 is 0 Å². The normalized spacial score (nSPS) is 20.7. The number of aliphatic hydroxyl groups excluding tert-OH is 1. The summed E-state index contributed by atoms with van der Waals surface area (Å²) in [7, 11) is 0. The van der Waals surface area contributed by atoms with E-state index in [1.807, 2.05) is 37.3 Å². The first-order valence-electron chi connectivity index (χ1n) is 11.2. The highest BCUT2D eigenvalue weighted by Gasteiger charge is 2.48. The fourth-order valence-corrected chi connectivity index (χ4v) is 6.24. The molecule has 3 aromatic carbocycles. The molecule has 0 radical (unpaired) electrons. The number of carbonyl (C=O) groups is 2. The zero-order valence-electron chi connectivity index (χ0n) is 18.9. The van der Waals surface area contributed by atoms with Gasteiger partial charge in [0.15, 0.2) is 5.13 Å². The first-order valence-corrected chi connectivity index (χ1v) is 13.2. The standard InChI is InChI=1S/C27H18BrClN2O4S/c1-13-10-16-11-15(4-9-20(16)35-13)24(32)22-23(14-2-5-17(28)6-3-14)31(26(34)25(22)33)27-30-19-8-7-18(29)12-21(19)36-27/h2-9,11-13,23,32H,10H2,1H3/b24-22+/t13-,23-/m0/s1. The maximum Gasteiger partial charge on any atom is 0.301 e. The predicted octanol–water partition coefficient (Wildman–Crippen LogP) is 6.66. The van der Waals surface area contributed by atoms with E-state index in [2.05, 4.69) is 20.9 Å². The minimum atomic E-state index is -0.849. The predicted molar refractivity (Wildman–Crippen MR) is 144 cm³/mol. The molecule has 36 heavy (non-hydrogen) atoms. The average Bonchev–Trinajstić information content (AvgIpc) is 3.51. The summed E-state index contributed by atoms with van der Waals surface area (Å²) >= 11 is 10.9. The number of amides is 1. The van der Waals surface area contributed by atoms with Crippen LogP contribution in [0.15, 0.2) is 70.7 Å². The molecule has 1 amide bonds. The van der Waals surface area contributed by atoms with E-state index in [1.165, 1.54) is 16.2 Å². The van der Waals surface area contributed by atoms with Crippen LogP contribution in [0.4, 0.5) is 5.13 Å². The third kappa shape index (κ3) is 3.80. The van der Waals surface area contributed by atoms with Crippen molar-refractivity contribution in [1.29, 1.82) is 0 Å². The van der Waals surface area contributed by atoms with Gasteiger partial charge in [-0.3, -0.25) is 14.5 Å². The van der Waals surface area contributed by atoms with Gasteiger partial charge in [-0.1, -0.05) is 51.0 Å². The summed E-state index contributed by atoms with van der Waals surface area (Å²) in [5.74, 6) is -0.970. The number of ether oxygens (including phenoxy) is 1. The number of carbonyl (C=O) groups excluding carboxylic acids is 2. The fourth-order valence-electron chi connectivity index (χ4n) is 4.70. The number of fused-ring (bicyclic) bond motifs is 2. The van der Waals surface area contributed by atoms with E-state index in [9.17, 15) is 14.7 Å². The SMILES string of the molecule is C[C@H]1Cc2cc(/C(O)=C3\C(=O)C(=O)N(c4nc5ccc(Cl)cc5s4)[C@H]3c3ccc(Br)cc3)ccc2O1. The number of Topliss-reactive ketones (excluding diaryl/α,β-unsaturated/α-hetero) is 1. The first kappa shape index (κ1) is 23.2. The molecule has 0 spiro atoms. The number of aliphatic hydroxyl groups is 1. The van der Waals surface area contributed by atoms with Gasteiger partial charge in [-0.2, -0.15) is 0 Å². The highest BCUT2D eigenvalue weighted by molar-refractivity contribution is 9.10. The number of halogens is 2. The molecule has 4 aromatic rings. The molecule has 6 nitrogen and oxygen atoms in total. The van der Waals surface area contributed by atoms with Crippen LogP contribution in [0.1, 0.15) is 29.7 Å². The van der Waals surface area contributed by atoms with Crippen LogP contribution >= 0.6 is 38.9 Å². The summed E-state index contributed by atoms with van der Waals surface area (Å²) in [5.41, 5.74) is 2.77. The zero-order valence-corrected chi connectivity index (χ0v) is 22.0. The third-order valence-electron chi connectivity index (χ3n) is 6.34. The van der Waals surface area contributed by atoms with Gasteiger partial charge in [0.25, 0.3) is 5.78 Å². The highest BCUT2D eigenvalue weighted by atomic mass is 79.9. The lowest BCUT2D eigenvalue weighted by molar-refractivity contribution is -0.132. The van der Waals surface area contributed by atoms with Crippen LogP contribution in [-0.4, -0.2) is 27.9 Å². The van der Waals surface area contributed by atoms with Gasteiger partial charge in [-0.15, -0.1) is 0 Å². The summed E-state index contributed by atoms with van der Waals surface area (Å²) in [4.78, 5) is 32.8. The Kier molecular flexibility index (Phi) is 5.63. The Bertz CT molecular complexity index is 1600. The second-order valence-electron chi connectivity index (χ2n) is 8.78. The second kappa shape index (κ2) is 8.73. The van der Waals surface area contributed by atoms with Gasteiger partial charge in [0.2, 0.25) is 0 Å². The second-order valence-corrected chi connectivity index (χ2v) is 11.1. The molecule has 2 aliphatic heterocycles. The van der Waals surface area contributed by atoms with Crippen molar-refractivity contribution in [1.82, 2.24) is 4.98 Å². The Labute approximate surface area is 223 Å². The molecule has 2 aliphatic rings. The van der Waals surface area contributed by atoms with E-state index < -0.39 is 17.7 Å². The van der Waals surface area contributed by atoms with Gasteiger partial charge in [-0.05, 0) is 66.6 Å². The number of hydrogen-bond acceptors (Lipinski definition) is 6. The summed E-state index contributed by atoms with van der Waals surface area (Å²) < 4.78 is 7.42. The minimum Gasteiger partial charge on any atom is -0.507 e. The maximum atomic E-state index is 13.4. The summed E-state index contributed by atoms with van der Waals surface area (Å²) in [6.07, 6.45) is 0.744. The minimum absolute atomic E-state index is 0.0199. The van der Waals surface area contributed by atoms with Gasteiger partial charge in [0.05, 0.1) is 21.8 Å². The van der Waals surface area contributed by atoms with Crippen molar-refractivity contribution in [3.8, 4) is 5.75 Å². The molecule has 3 heterocycles. The topological polar surface area (TPSA) is 79.7 Å². The molecule has 6 rings (SSSR count). The Morgan fingerprint density at radius 3 is 2.69 bits per heavy atom. The summed E-state index contributed by atoms with van der Waals surface area (Å²) in [5, 5.41) is 12.3. The van der Waals surface area contributed by atoms with Gasteiger partial charge >= 0.3 is 5.91 Å². The number of benzene rings is 3. The van der Waals surface area contributed by atoms with Gasteiger partial charge < -0.3 is 9.84 Å². The van der Waals surface area contributed by atoms with Crippen LogP contribution in [0.5, 0.6) is 5.75 Å². The monoisotopic (exact) mass is 580 g/mol.